The quantitative estimate of drug-likeness (QED) is 0.792. The van der Waals surface area contributed by atoms with Gasteiger partial charge < -0.3 is 4.74 Å². The molecule has 0 bridgehead atoms. The average Bonchev–Trinajstić information content (AvgIpc) is 3.00. The summed E-state index contributed by atoms with van der Waals surface area (Å²) in [4.78, 5) is 11.6. The molecule has 1 aromatic carbocycles. The topological polar surface area (TPSA) is 101 Å². The monoisotopic (exact) mass is 309 g/mol. The zero-order chi connectivity index (χ0) is 15.3. The van der Waals surface area contributed by atoms with Gasteiger partial charge in [0.2, 0.25) is 0 Å². The van der Waals surface area contributed by atoms with Crippen LogP contribution in [0.3, 0.4) is 0 Å². The SMILES string of the molecule is CCCOC(=O)c1ccc(NS(=O)(=O)c2cn[nH]c2)cc1. The molecule has 2 aromatic rings. The van der Waals surface area contributed by atoms with Crippen LogP contribution in [0.25, 0.3) is 0 Å². The Morgan fingerprint density at radius 3 is 2.62 bits per heavy atom. The van der Waals surface area contributed by atoms with Gasteiger partial charge in [-0.1, -0.05) is 6.92 Å². The predicted molar refractivity (Wildman–Crippen MR) is 76.4 cm³/mol. The van der Waals surface area contributed by atoms with E-state index in [2.05, 4.69) is 14.9 Å². The predicted octanol–water partition coefficient (Wildman–Crippen LogP) is 1.78. The molecule has 0 fully saturated rings. The highest BCUT2D eigenvalue weighted by Crippen LogP contribution is 2.16. The molecule has 0 atom stereocenters. The number of hydrogen-bond acceptors (Lipinski definition) is 5. The number of hydrogen-bond donors (Lipinski definition) is 2. The van der Waals surface area contributed by atoms with Gasteiger partial charge in [0.25, 0.3) is 10.0 Å². The van der Waals surface area contributed by atoms with Crippen molar-refractivity contribution in [2.24, 2.45) is 0 Å². The van der Waals surface area contributed by atoms with Crippen LogP contribution in [0.5, 0.6) is 0 Å². The van der Waals surface area contributed by atoms with Crippen LogP contribution in [0.1, 0.15) is 23.7 Å². The molecule has 112 valence electrons. The van der Waals surface area contributed by atoms with Gasteiger partial charge in [0, 0.05) is 11.9 Å². The van der Waals surface area contributed by atoms with E-state index in [-0.39, 0.29) is 4.90 Å². The van der Waals surface area contributed by atoms with Crippen LogP contribution in [0, 0.1) is 0 Å². The van der Waals surface area contributed by atoms with E-state index in [0.717, 1.165) is 6.42 Å². The summed E-state index contributed by atoms with van der Waals surface area (Å²) in [5.41, 5.74) is 0.720. The van der Waals surface area contributed by atoms with Crippen LogP contribution in [0.4, 0.5) is 5.69 Å². The van der Waals surface area contributed by atoms with Crippen LogP contribution in [0.15, 0.2) is 41.6 Å². The summed E-state index contributed by atoms with van der Waals surface area (Å²) in [6.45, 7) is 2.26. The number of H-pyrrole nitrogens is 1. The molecule has 0 saturated heterocycles. The van der Waals surface area contributed by atoms with E-state index < -0.39 is 16.0 Å². The summed E-state index contributed by atoms with van der Waals surface area (Å²) < 4.78 is 31.3. The number of rotatable bonds is 6. The fourth-order valence-corrected chi connectivity index (χ4v) is 2.52. The Kier molecular flexibility index (Phi) is 4.59. The van der Waals surface area contributed by atoms with Gasteiger partial charge in [0.15, 0.2) is 0 Å². The number of carbonyl (C=O) groups is 1. The van der Waals surface area contributed by atoms with Crippen molar-refractivity contribution in [1.82, 2.24) is 10.2 Å². The maximum atomic E-state index is 12.0. The molecule has 0 amide bonds. The van der Waals surface area contributed by atoms with E-state index in [1.165, 1.54) is 36.7 Å². The standard InChI is InChI=1S/C13H15N3O4S/c1-2-7-20-13(17)10-3-5-11(6-4-10)16-21(18,19)12-8-14-15-9-12/h3-6,8-9,16H,2,7H2,1H3,(H,14,15). The highest BCUT2D eigenvalue weighted by Gasteiger charge is 2.15. The normalized spacial score (nSPS) is 11.1. The van der Waals surface area contributed by atoms with E-state index in [4.69, 9.17) is 4.74 Å². The maximum absolute atomic E-state index is 12.0. The molecular weight excluding hydrogens is 294 g/mol. The number of sulfonamides is 1. The minimum absolute atomic E-state index is 0.0360. The summed E-state index contributed by atoms with van der Waals surface area (Å²) in [6, 6.07) is 6.01. The number of carbonyl (C=O) groups excluding carboxylic acids is 1. The molecule has 2 rings (SSSR count). The lowest BCUT2D eigenvalue weighted by Gasteiger charge is -2.07. The lowest BCUT2D eigenvalue weighted by atomic mass is 10.2. The van der Waals surface area contributed by atoms with Gasteiger partial charge in [-0.05, 0) is 30.7 Å². The number of benzene rings is 1. The molecular formula is C13H15N3O4S. The second-order valence-corrected chi connectivity index (χ2v) is 5.94. The van der Waals surface area contributed by atoms with Gasteiger partial charge in [0.05, 0.1) is 18.4 Å². The van der Waals surface area contributed by atoms with Crippen molar-refractivity contribution in [3.63, 3.8) is 0 Å². The first-order valence-corrected chi connectivity index (χ1v) is 7.80. The summed E-state index contributed by atoms with van der Waals surface area (Å²) >= 11 is 0. The lowest BCUT2D eigenvalue weighted by molar-refractivity contribution is 0.0505. The van der Waals surface area contributed by atoms with Crippen LogP contribution >= 0.6 is 0 Å². The van der Waals surface area contributed by atoms with Gasteiger partial charge in [-0.2, -0.15) is 5.10 Å². The molecule has 0 spiro atoms. The molecule has 0 saturated carbocycles. The molecule has 0 aliphatic carbocycles. The Bertz CT molecular complexity index is 694. The van der Waals surface area contributed by atoms with E-state index in [0.29, 0.717) is 17.9 Å². The number of esters is 1. The number of nitrogens with one attached hydrogen (secondary N) is 2. The highest BCUT2D eigenvalue weighted by atomic mass is 32.2. The first-order valence-electron chi connectivity index (χ1n) is 6.31. The Hall–Kier alpha value is -2.35. The molecule has 0 aliphatic rings. The highest BCUT2D eigenvalue weighted by molar-refractivity contribution is 7.92. The van der Waals surface area contributed by atoms with Crippen molar-refractivity contribution in [1.29, 1.82) is 0 Å². The summed E-state index contributed by atoms with van der Waals surface area (Å²) in [6.07, 6.45) is 3.23. The lowest BCUT2D eigenvalue weighted by Crippen LogP contribution is -2.12. The second-order valence-electron chi connectivity index (χ2n) is 4.25. The van der Waals surface area contributed by atoms with Crippen LogP contribution in [0.2, 0.25) is 0 Å². The number of anilines is 1. The third-order valence-corrected chi connectivity index (χ3v) is 3.94. The fourth-order valence-electron chi connectivity index (χ4n) is 1.55. The molecule has 8 heteroatoms. The Morgan fingerprint density at radius 2 is 2.05 bits per heavy atom. The average molecular weight is 309 g/mol. The first-order chi connectivity index (χ1) is 10.0. The van der Waals surface area contributed by atoms with Crippen molar-refractivity contribution < 1.29 is 17.9 Å². The van der Waals surface area contributed by atoms with Crippen molar-refractivity contribution in [2.45, 2.75) is 18.2 Å². The molecule has 2 N–H and O–H groups in total. The molecule has 0 radical (unpaired) electrons. The first kappa shape index (κ1) is 15.0. The summed E-state index contributed by atoms with van der Waals surface area (Å²) in [5.74, 6) is -0.430. The Labute approximate surface area is 122 Å². The smallest absolute Gasteiger partial charge is 0.338 e. The Balaban J connectivity index is 2.08. The molecule has 0 unspecified atom stereocenters. The Morgan fingerprint density at radius 1 is 1.33 bits per heavy atom. The number of aromatic nitrogens is 2. The third-order valence-electron chi connectivity index (χ3n) is 2.59. The van der Waals surface area contributed by atoms with E-state index >= 15 is 0 Å². The van der Waals surface area contributed by atoms with E-state index in [1.807, 2.05) is 6.92 Å². The number of aromatic amines is 1. The minimum Gasteiger partial charge on any atom is -0.462 e. The third kappa shape index (κ3) is 3.82. The molecule has 1 heterocycles. The van der Waals surface area contributed by atoms with Gasteiger partial charge in [-0.25, -0.2) is 13.2 Å². The van der Waals surface area contributed by atoms with Crippen molar-refractivity contribution in [2.75, 3.05) is 11.3 Å². The van der Waals surface area contributed by atoms with Crippen LogP contribution in [-0.4, -0.2) is 31.2 Å². The molecule has 7 nitrogen and oxygen atoms in total. The number of ether oxygens (including phenoxy) is 1. The summed E-state index contributed by atoms with van der Waals surface area (Å²) in [7, 11) is -3.68. The fraction of sp³-hybridized carbons (Fsp3) is 0.231. The van der Waals surface area contributed by atoms with Crippen LogP contribution < -0.4 is 4.72 Å². The van der Waals surface area contributed by atoms with E-state index in [9.17, 15) is 13.2 Å². The van der Waals surface area contributed by atoms with Gasteiger partial charge in [-0.15, -0.1) is 0 Å². The largest absolute Gasteiger partial charge is 0.462 e. The summed E-state index contributed by atoms with van der Waals surface area (Å²) in [5, 5.41) is 6.03. The second kappa shape index (κ2) is 6.40. The van der Waals surface area contributed by atoms with Gasteiger partial charge in [0.1, 0.15) is 4.90 Å². The zero-order valence-electron chi connectivity index (χ0n) is 11.4. The van der Waals surface area contributed by atoms with Crippen molar-refractivity contribution >= 4 is 21.7 Å². The van der Waals surface area contributed by atoms with Gasteiger partial charge >= 0.3 is 5.97 Å². The van der Waals surface area contributed by atoms with Crippen molar-refractivity contribution in [3.8, 4) is 0 Å². The number of nitrogens with zero attached hydrogens (tertiary/aromatic N) is 1. The molecule has 21 heavy (non-hydrogen) atoms. The molecule has 0 aliphatic heterocycles. The molecule has 1 aromatic heterocycles. The minimum atomic E-state index is -3.68. The van der Waals surface area contributed by atoms with Crippen molar-refractivity contribution in [3.05, 3.63) is 42.2 Å². The zero-order valence-corrected chi connectivity index (χ0v) is 12.2. The van der Waals surface area contributed by atoms with Gasteiger partial charge in [-0.3, -0.25) is 9.82 Å². The van der Waals surface area contributed by atoms with Crippen LogP contribution in [-0.2, 0) is 14.8 Å². The van der Waals surface area contributed by atoms with E-state index in [1.54, 1.807) is 0 Å². The maximum Gasteiger partial charge on any atom is 0.338 e.